The minimum atomic E-state index is -3.60. The average molecular weight is 320 g/mol. The first-order valence-corrected chi connectivity index (χ1v) is 8.21. The van der Waals surface area contributed by atoms with Crippen molar-refractivity contribution in [1.82, 2.24) is 9.62 Å². The summed E-state index contributed by atoms with van der Waals surface area (Å²) < 4.78 is 27.4. The molecule has 0 bridgehead atoms. The zero-order valence-electron chi connectivity index (χ0n) is 12.2. The number of nitrogens with two attached hydrogens (primary N) is 1. The molecule has 0 saturated carbocycles. The van der Waals surface area contributed by atoms with Crippen LogP contribution in [0.15, 0.2) is 23.1 Å². The maximum absolute atomic E-state index is 12.4. The number of nitrogens with zero attached hydrogens (tertiary/aromatic N) is 1. The quantitative estimate of drug-likeness (QED) is 0.784. The molecule has 1 rings (SSSR count). The van der Waals surface area contributed by atoms with Crippen molar-refractivity contribution in [2.45, 2.75) is 24.8 Å². The fraction of sp³-hybridized carbons (Fsp3) is 0.538. The van der Waals surface area contributed by atoms with E-state index in [0.29, 0.717) is 11.6 Å². The van der Waals surface area contributed by atoms with Crippen molar-refractivity contribution in [3.63, 3.8) is 0 Å². The van der Waals surface area contributed by atoms with Crippen molar-refractivity contribution < 1.29 is 8.42 Å². The van der Waals surface area contributed by atoms with E-state index in [1.165, 1.54) is 18.2 Å². The van der Waals surface area contributed by atoms with Crippen LogP contribution in [-0.2, 0) is 10.0 Å². The molecule has 0 heterocycles. The molecule has 3 N–H and O–H groups in total. The zero-order valence-corrected chi connectivity index (χ0v) is 13.8. The molecule has 0 radical (unpaired) electrons. The molecule has 0 saturated heterocycles. The molecule has 0 spiro atoms. The highest BCUT2D eigenvalue weighted by Gasteiger charge is 2.23. The predicted molar refractivity (Wildman–Crippen MR) is 83.4 cm³/mol. The van der Waals surface area contributed by atoms with Gasteiger partial charge in [0, 0.05) is 12.6 Å². The van der Waals surface area contributed by atoms with Gasteiger partial charge in [0.2, 0.25) is 10.0 Å². The first-order valence-electron chi connectivity index (χ1n) is 6.35. The lowest BCUT2D eigenvalue weighted by Gasteiger charge is -2.25. The van der Waals surface area contributed by atoms with Gasteiger partial charge in [-0.15, -0.1) is 0 Å². The van der Waals surface area contributed by atoms with Crippen LogP contribution in [0.4, 0.5) is 5.69 Å². The third-order valence-electron chi connectivity index (χ3n) is 2.95. The van der Waals surface area contributed by atoms with E-state index < -0.39 is 10.0 Å². The third-order valence-corrected chi connectivity index (χ3v) is 4.78. The molecule has 114 valence electrons. The van der Waals surface area contributed by atoms with Gasteiger partial charge in [-0.1, -0.05) is 25.4 Å². The van der Waals surface area contributed by atoms with Crippen LogP contribution in [0.5, 0.6) is 0 Å². The molecule has 5 nitrogen and oxygen atoms in total. The summed E-state index contributed by atoms with van der Waals surface area (Å²) in [5.74, 6) is 0.178. The van der Waals surface area contributed by atoms with Crippen LogP contribution in [0, 0.1) is 5.92 Å². The summed E-state index contributed by atoms with van der Waals surface area (Å²) >= 11 is 5.81. The Morgan fingerprint density at radius 3 is 2.40 bits per heavy atom. The van der Waals surface area contributed by atoms with Gasteiger partial charge in [-0.05, 0) is 38.2 Å². The van der Waals surface area contributed by atoms with Crippen LogP contribution in [-0.4, -0.2) is 40.0 Å². The normalized spacial score (nSPS) is 13.9. The van der Waals surface area contributed by atoms with E-state index in [9.17, 15) is 8.42 Å². The second kappa shape index (κ2) is 6.76. The van der Waals surface area contributed by atoms with Gasteiger partial charge in [0.1, 0.15) is 0 Å². The number of sulfonamides is 1. The number of hydrogen-bond donors (Lipinski definition) is 2. The third kappa shape index (κ3) is 4.63. The maximum Gasteiger partial charge on any atom is 0.240 e. The van der Waals surface area contributed by atoms with E-state index in [1.807, 2.05) is 32.8 Å². The molecule has 0 aromatic heterocycles. The Morgan fingerprint density at radius 1 is 1.35 bits per heavy atom. The molecule has 1 aromatic rings. The summed E-state index contributed by atoms with van der Waals surface area (Å²) in [5, 5.41) is 0.345. The first-order chi connectivity index (χ1) is 9.13. The van der Waals surface area contributed by atoms with Crippen molar-refractivity contribution in [2.75, 3.05) is 26.4 Å². The van der Waals surface area contributed by atoms with Crippen molar-refractivity contribution >= 4 is 27.3 Å². The molecule has 1 atom stereocenters. The highest BCUT2D eigenvalue weighted by atomic mass is 35.5. The van der Waals surface area contributed by atoms with E-state index in [2.05, 4.69) is 4.72 Å². The number of nitrogen functional groups attached to an aromatic ring is 1. The van der Waals surface area contributed by atoms with E-state index >= 15 is 0 Å². The zero-order chi connectivity index (χ0) is 15.5. The number of anilines is 1. The molecule has 0 aliphatic carbocycles. The lowest BCUT2D eigenvalue weighted by atomic mass is 10.1. The molecule has 20 heavy (non-hydrogen) atoms. The topological polar surface area (TPSA) is 75.4 Å². The minimum absolute atomic E-state index is 0.129. The smallest absolute Gasteiger partial charge is 0.240 e. The summed E-state index contributed by atoms with van der Waals surface area (Å²) in [4.78, 5) is 2.08. The second-order valence-corrected chi connectivity index (χ2v) is 7.54. The van der Waals surface area contributed by atoms with E-state index in [4.69, 9.17) is 17.3 Å². The van der Waals surface area contributed by atoms with Crippen LogP contribution >= 0.6 is 11.6 Å². The number of hydrogen-bond acceptors (Lipinski definition) is 4. The molecule has 0 aliphatic rings. The number of halogens is 1. The Bertz CT molecular complexity index is 559. The van der Waals surface area contributed by atoms with Gasteiger partial charge in [0.15, 0.2) is 0 Å². The average Bonchev–Trinajstić information content (AvgIpc) is 2.30. The van der Waals surface area contributed by atoms with E-state index in [-0.39, 0.29) is 22.5 Å². The number of nitrogens with one attached hydrogen (secondary N) is 1. The number of rotatable bonds is 6. The molecule has 1 unspecified atom stereocenters. The van der Waals surface area contributed by atoms with Gasteiger partial charge >= 0.3 is 0 Å². The highest BCUT2D eigenvalue weighted by molar-refractivity contribution is 7.89. The van der Waals surface area contributed by atoms with Crippen LogP contribution in [0.2, 0.25) is 5.02 Å². The molecular weight excluding hydrogens is 298 g/mol. The SMILES string of the molecule is CC(C)C(CN(C)C)NS(=O)(=O)c1ccc(Cl)c(N)c1. The predicted octanol–water partition coefficient (Wildman–Crippen LogP) is 1.79. The highest BCUT2D eigenvalue weighted by Crippen LogP contribution is 2.22. The largest absolute Gasteiger partial charge is 0.397 e. The molecule has 0 fully saturated rings. The molecular formula is C13H22ClN3O2S. The standard InChI is InChI=1S/C13H22ClN3O2S/c1-9(2)13(8-17(3)4)16-20(18,19)10-5-6-11(14)12(15)7-10/h5-7,9,13,16H,8,15H2,1-4H3. The van der Waals surface area contributed by atoms with Gasteiger partial charge in [-0.2, -0.15) is 0 Å². The van der Waals surface area contributed by atoms with Gasteiger partial charge in [-0.25, -0.2) is 13.1 Å². The summed E-state index contributed by atoms with van der Waals surface area (Å²) in [7, 11) is 0.209. The summed E-state index contributed by atoms with van der Waals surface area (Å²) in [6.45, 7) is 4.58. The first kappa shape index (κ1) is 17.2. The lowest BCUT2D eigenvalue weighted by molar-refractivity contribution is 0.314. The van der Waals surface area contributed by atoms with Gasteiger partial charge in [0.25, 0.3) is 0 Å². The van der Waals surface area contributed by atoms with Crippen molar-refractivity contribution in [3.05, 3.63) is 23.2 Å². The second-order valence-electron chi connectivity index (χ2n) is 5.42. The number of likely N-dealkylation sites (N-methyl/N-ethyl adjacent to an activating group) is 1. The summed E-state index contributed by atoms with van der Waals surface area (Å²) in [6, 6.07) is 4.14. The molecule has 1 aromatic carbocycles. The maximum atomic E-state index is 12.4. The van der Waals surface area contributed by atoms with Crippen LogP contribution in [0.25, 0.3) is 0 Å². The Balaban J connectivity index is 3.00. The summed E-state index contributed by atoms with van der Waals surface area (Å²) in [5.41, 5.74) is 5.91. The Morgan fingerprint density at radius 2 is 1.95 bits per heavy atom. The van der Waals surface area contributed by atoms with Gasteiger partial charge in [-0.3, -0.25) is 0 Å². The van der Waals surface area contributed by atoms with Crippen LogP contribution in [0.1, 0.15) is 13.8 Å². The van der Waals surface area contributed by atoms with Crippen molar-refractivity contribution in [1.29, 1.82) is 0 Å². The Hall–Kier alpha value is -0.820. The van der Waals surface area contributed by atoms with Crippen molar-refractivity contribution in [2.24, 2.45) is 5.92 Å². The van der Waals surface area contributed by atoms with Crippen molar-refractivity contribution in [3.8, 4) is 0 Å². The van der Waals surface area contributed by atoms with Gasteiger partial charge < -0.3 is 10.6 Å². The van der Waals surface area contributed by atoms with Crippen LogP contribution < -0.4 is 10.5 Å². The Kier molecular flexibility index (Phi) is 5.82. The Labute approximate surface area is 126 Å². The molecule has 7 heteroatoms. The van der Waals surface area contributed by atoms with E-state index in [0.717, 1.165) is 0 Å². The molecule has 0 amide bonds. The van der Waals surface area contributed by atoms with E-state index in [1.54, 1.807) is 0 Å². The monoisotopic (exact) mass is 319 g/mol. The lowest BCUT2D eigenvalue weighted by Crippen LogP contribution is -2.44. The fourth-order valence-corrected chi connectivity index (χ4v) is 3.26. The number of benzene rings is 1. The summed E-state index contributed by atoms with van der Waals surface area (Å²) in [6.07, 6.45) is 0. The minimum Gasteiger partial charge on any atom is -0.397 e. The fourth-order valence-electron chi connectivity index (χ4n) is 1.73. The van der Waals surface area contributed by atoms with Crippen LogP contribution in [0.3, 0.4) is 0 Å². The van der Waals surface area contributed by atoms with Gasteiger partial charge in [0.05, 0.1) is 15.6 Å². The molecule has 0 aliphatic heterocycles.